The molecule has 0 bridgehead atoms. The summed E-state index contributed by atoms with van der Waals surface area (Å²) in [5, 5.41) is 0. The summed E-state index contributed by atoms with van der Waals surface area (Å²) < 4.78 is 17.1. The second-order valence-electron chi connectivity index (χ2n) is 5.97. The molecule has 0 saturated heterocycles. The summed E-state index contributed by atoms with van der Waals surface area (Å²) in [7, 11) is -1.03. The Morgan fingerprint density at radius 2 is 1.43 bits per heavy atom. The molecule has 0 aliphatic carbocycles. The summed E-state index contributed by atoms with van der Waals surface area (Å²) in [4.78, 5) is 12.2. The summed E-state index contributed by atoms with van der Waals surface area (Å²) in [6.07, 6.45) is 14.7. The van der Waals surface area contributed by atoms with E-state index in [2.05, 4.69) is 6.92 Å². The molecule has 0 unspecified atom stereocenters. The molecule has 4 heteroatoms. The Morgan fingerprint density at radius 3 is 1.91 bits per heavy atom. The standard InChI is InChI=1S/C19H36O3S/c1-4-7-8-9-10-11-12-13-14-15-16-23(21)18(5-2)17-19(20)22-6-3/h5H,4,6-17H2,1-3H3/b18-5+/t23-/m1/s1. The molecule has 0 rings (SSSR count). The summed E-state index contributed by atoms with van der Waals surface area (Å²) in [5.74, 6) is 0.382. The van der Waals surface area contributed by atoms with E-state index < -0.39 is 10.8 Å². The normalized spacial score (nSPS) is 13.1. The van der Waals surface area contributed by atoms with Gasteiger partial charge in [0.25, 0.3) is 0 Å². The monoisotopic (exact) mass is 344 g/mol. The SMILES string of the molecule is C/C=C(\CC(=O)OCC)[S@](=O)CCCCCCCCCCCC. The molecule has 0 amide bonds. The third-order valence-electron chi connectivity index (χ3n) is 3.92. The van der Waals surface area contributed by atoms with Crippen molar-refractivity contribution in [2.24, 2.45) is 0 Å². The van der Waals surface area contributed by atoms with Crippen LogP contribution < -0.4 is 0 Å². The third-order valence-corrected chi connectivity index (χ3v) is 5.55. The minimum absolute atomic E-state index is 0.161. The average molecular weight is 345 g/mol. The highest BCUT2D eigenvalue weighted by Crippen LogP contribution is 2.14. The maximum Gasteiger partial charge on any atom is 0.310 e. The lowest BCUT2D eigenvalue weighted by Crippen LogP contribution is -2.09. The zero-order valence-electron chi connectivity index (χ0n) is 15.4. The van der Waals surface area contributed by atoms with Crippen LogP contribution in [0.4, 0.5) is 0 Å². The van der Waals surface area contributed by atoms with E-state index in [0.29, 0.717) is 17.3 Å². The molecule has 0 aliphatic rings. The van der Waals surface area contributed by atoms with Crippen LogP contribution in [0, 0.1) is 0 Å². The zero-order valence-corrected chi connectivity index (χ0v) is 16.2. The molecule has 0 aromatic rings. The van der Waals surface area contributed by atoms with Crippen molar-refractivity contribution in [3.8, 4) is 0 Å². The van der Waals surface area contributed by atoms with Gasteiger partial charge >= 0.3 is 5.97 Å². The summed E-state index contributed by atoms with van der Waals surface area (Å²) in [6, 6.07) is 0. The van der Waals surface area contributed by atoms with Crippen LogP contribution in [-0.4, -0.2) is 22.5 Å². The molecule has 23 heavy (non-hydrogen) atoms. The predicted octanol–water partition coefficient (Wildman–Crippen LogP) is 5.51. The topological polar surface area (TPSA) is 43.4 Å². The van der Waals surface area contributed by atoms with Gasteiger partial charge in [-0.15, -0.1) is 0 Å². The Kier molecular flexibility index (Phi) is 15.8. The van der Waals surface area contributed by atoms with Crippen LogP contribution in [0.1, 0.15) is 91.4 Å². The molecule has 0 aromatic heterocycles. The van der Waals surface area contributed by atoms with E-state index in [9.17, 15) is 9.00 Å². The van der Waals surface area contributed by atoms with Crippen molar-refractivity contribution >= 4 is 16.8 Å². The molecule has 1 atom stereocenters. The Hall–Kier alpha value is -0.640. The van der Waals surface area contributed by atoms with Crippen LogP contribution in [0.25, 0.3) is 0 Å². The van der Waals surface area contributed by atoms with Gasteiger partial charge in [0, 0.05) is 21.5 Å². The van der Waals surface area contributed by atoms with Crippen molar-refractivity contribution in [3.05, 3.63) is 11.0 Å². The zero-order chi connectivity index (χ0) is 17.3. The van der Waals surface area contributed by atoms with Gasteiger partial charge in [0.2, 0.25) is 0 Å². The fraction of sp³-hybridized carbons (Fsp3) is 0.842. The number of rotatable bonds is 15. The van der Waals surface area contributed by atoms with Crippen LogP contribution in [0.3, 0.4) is 0 Å². The molecule has 3 nitrogen and oxygen atoms in total. The summed E-state index contributed by atoms with van der Waals surface area (Å²) >= 11 is 0. The smallest absolute Gasteiger partial charge is 0.310 e. The van der Waals surface area contributed by atoms with E-state index >= 15 is 0 Å². The van der Waals surface area contributed by atoms with Gasteiger partial charge in [-0.1, -0.05) is 70.8 Å². The van der Waals surface area contributed by atoms with Crippen molar-refractivity contribution in [3.63, 3.8) is 0 Å². The molecule has 0 N–H and O–H groups in total. The van der Waals surface area contributed by atoms with Crippen LogP contribution >= 0.6 is 0 Å². The van der Waals surface area contributed by atoms with Gasteiger partial charge < -0.3 is 4.74 Å². The molecule has 0 saturated carbocycles. The van der Waals surface area contributed by atoms with E-state index in [-0.39, 0.29) is 12.4 Å². The molecule has 0 spiro atoms. The second kappa shape index (κ2) is 16.2. The molecule has 0 fully saturated rings. The predicted molar refractivity (Wildman–Crippen MR) is 99.9 cm³/mol. The first-order valence-corrected chi connectivity index (χ1v) is 10.7. The maximum atomic E-state index is 12.2. The molecule has 0 aliphatic heterocycles. The van der Waals surface area contributed by atoms with E-state index in [1.807, 2.05) is 6.92 Å². The van der Waals surface area contributed by atoms with E-state index in [1.165, 1.54) is 51.4 Å². The first-order chi connectivity index (χ1) is 11.2. The van der Waals surface area contributed by atoms with Crippen molar-refractivity contribution in [2.45, 2.75) is 91.4 Å². The van der Waals surface area contributed by atoms with E-state index in [4.69, 9.17) is 4.74 Å². The van der Waals surface area contributed by atoms with Gasteiger partial charge in [-0.3, -0.25) is 9.00 Å². The quantitative estimate of drug-likeness (QED) is 0.290. The maximum absolute atomic E-state index is 12.2. The largest absolute Gasteiger partial charge is 0.466 e. The van der Waals surface area contributed by atoms with Gasteiger partial charge in [0.1, 0.15) is 0 Å². The highest BCUT2D eigenvalue weighted by molar-refractivity contribution is 7.89. The average Bonchev–Trinajstić information content (AvgIpc) is 2.54. The minimum Gasteiger partial charge on any atom is -0.466 e. The number of unbranched alkanes of at least 4 members (excludes halogenated alkanes) is 9. The first kappa shape index (κ1) is 22.4. The van der Waals surface area contributed by atoms with Gasteiger partial charge in [-0.25, -0.2) is 0 Å². The highest BCUT2D eigenvalue weighted by atomic mass is 32.2. The molecule has 0 radical (unpaired) electrons. The molecular weight excluding hydrogens is 308 g/mol. The van der Waals surface area contributed by atoms with Crippen LogP contribution in [0.5, 0.6) is 0 Å². The Labute approximate surface area is 145 Å². The Bertz CT molecular complexity index is 351. The highest BCUT2D eigenvalue weighted by Gasteiger charge is 2.12. The van der Waals surface area contributed by atoms with Crippen molar-refractivity contribution < 1.29 is 13.7 Å². The number of allylic oxidation sites excluding steroid dienone is 1. The van der Waals surface area contributed by atoms with E-state index in [1.54, 1.807) is 13.0 Å². The van der Waals surface area contributed by atoms with Gasteiger partial charge in [0.15, 0.2) is 0 Å². The van der Waals surface area contributed by atoms with E-state index in [0.717, 1.165) is 12.8 Å². The minimum atomic E-state index is -1.03. The van der Waals surface area contributed by atoms with Crippen LogP contribution in [0.2, 0.25) is 0 Å². The van der Waals surface area contributed by atoms with Crippen molar-refractivity contribution in [2.75, 3.05) is 12.4 Å². The number of hydrogen-bond acceptors (Lipinski definition) is 3. The number of carbonyl (C=O) groups is 1. The van der Waals surface area contributed by atoms with Crippen molar-refractivity contribution in [1.29, 1.82) is 0 Å². The second-order valence-corrected chi connectivity index (χ2v) is 7.59. The van der Waals surface area contributed by atoms with Gasteiger partial charge in [-0.05, 0) is 20.3 Å². The lowest BCUT2D eigenvalue weighted by atomic mass is 10.1. The number of carbonyl (C=O) groups excluding carboxylic acids is 1. The Morgan fingerprint density at radius 1 is 0.913 bits per heavy atom. The summed E-state index contributed by atoms with van der Waals surface area (Å²) in [5.41, 5.74) is 0. The van der Waals surface area contributed by atoms with Crippen LogP contribution in [0.15, 0.2) is 11.0 Å². The fourth-order valence-corrected chi connectivity index (χ4v) is 3.79. The number of esters is 1. The van der Waals surface area contributed by atoms with Gasteiger partial charge in [-0.2, -0.15) is 0 Å². The van der Waals surface area contributed by atoms with Gasteiger partial charge in [0.05, 0.1) is 13.0 Å². The number of hydrogen-bond donors (Lipinski definition) is 0. The van der Waals surface area contributed by atoms with Crippen molar-refractivity contribution in [1.82, 2.24) is 0 Å². The molecule has 0 aromatic carbocycles. The summed E-state index contributed by atoms with van der Waals surface area (Å²) in [6.45, 7) is 6.25. The lowest BCUT2D eigenvalue weighted by molar-refractivity contribution is -0.142. The lowest BCUT2D eigenvalue weighted by Gasteiger charge is -2.07. The fourth-order valence-electron chi connectivity index (χ4n) is 2.52. The Balaban J connectivity index is 3.63. The third kappa shape index (κ3) is 13.5. The molecule has 136 valence electrons. The van der Waals surface area contributed by atoms with Crippen LogP contribution in [-0.2, 0) is 20.3 Å². The number of ether oxygens (including phenoxy) is 1. The molecule has 0 heterocycles. The first-order valence-electron chi connectivity index (χ1n) is 9.34. The molecular formula is C19H36O3S.